The largest absolute Gasteiger partial charge is 0.462 e. The Bertz CT molecular complexity index is 797. The van der Waals surface area contributed by atoms with Crippen molar-refractivity contribution in [2.75, 3.05) is 0 Å². The van der Waals surface area contributed by atoms with Gasteiger partial charge in [-0.05, 0) is 97.7 Å². The molecular weight excluding hydrogens is 464 g/mol. The molecule has 0 aromatic carbocycles. The molecule has 0 bridgehead atoms. The number of rotatable bonds is 13. The fraction of sp³-hybridized carbons (Fsp3) is 0.917. The van der Waals surface area contributed by atoms with E-state index >= 15 is 0 Å². The van der Waals surface area contributed by atoms with Crippen molar-refractivity contribution in [2.45, 2.75) is 163 Å². The summed E-state index contributed by atoms with van der Waals surface area (Å²) >= 11 is 0. The lowest BCUT2D eigenvalue weighted by Gasteiger charge is -2.58. The van der Waals surface area contributed by atoms with Crippen molar-refractivity contribution in [1.82, 2.24) is 0 Å². The van der Waals surface area contributed by atoms with E-state index in [1.807, 2.05) is 0 Å². The average Bonchev–Trinajstić information content (AvgIpc) is 3.23. The van der Waals surface area contributed by atoms with Gasteiger partial charge in [-0.2, -0.15) is 0 Å². The first-order chi connectivity index (χ1) is 18.2. The summed E-state index contributed by atoms with van der Waals surface area (Å²) in [6, 6.07) is 0. The maximum Gasteiger partial charge on any atom is 0.306 e. The van der Waals surface area contributed by atoms with Gasteiger partial charge in [-0.15, -0.1) is 0 Å². The van der Waals surface area contributed by atoms with Crippen molar-refractivity contribution in [3.05, 3.63) is 11.6 Å². The van der Waals surface area contributed by atoms with Gasteiger partial charge >= 0.3 is 5.97 Å². The van der Waals surface area contributed by atoms with Gasteiger partial charge in [-0.3, -0.25) is 4.79 Å². The van der Waals surface area contributed by atoms with Crippen LogP contribution >= 0.6 is 0 Å². The maximum atomic E-state index is 12.6. The molecule has 0 amide bonds. The molecule has 4 rings (SSSR count). The zero-order valence-electron chi connectivity index (χ0n) is 26.2. The van der Waals surface area contributed by atoms with Crippen molar-refractivity contribution in [3.8, 4) is 0 Å². The van der Waals surface area contributed by atoms with Crippen molar-refractivity contribution in [2.24, 2.45) is 46.3 Å². The van der Waals surface area contributed by atoms with E-state index in [1.165, 1.54) is 89.9 Å². The molecule has 3 saturated carbocycles. The molecule has 0 spiro atoms. The van der Waals surface area contributed by atoms with E-state index in [4.69, 9.17) is 4.74 Å². The van der Waals surface area contributed by atoms with E-state index in [9.17, 15) is 4.79 Å². The molecule has 2 heteroatoms. The molecule has 0 heterocycles. The second-order valence-corrected chi connectivity index (χ2v) is 15.2. The summed E-state index contributed by atoms with van der Waals surface area (Å²) in [5.74, 6) is 5.34. The minimum Gasteiger partial charge on any atom is -0.462 e. The number of allylic oxidation sites excluding steroid dienone is 1. The fourth-order valence-electron chi connectivity index (χ4n) is 10.0. The van der Waals surface area contributed by atoms with Crippen molar-refractivity contribution < 1.29 is 9.53 Å². The monoisotopic (exact) mass is 526 g/mol. The first-order valence-corrected chi connectivity index (χ1v) is 17.1. The number of ether oxygens (including phenoxy) is 1. The summed E-state index contributed by atoms with van der Waals surface area (Å²) in [6.07, 6.45) is 25.3. The first-order valence-electron chi connectivity index (χ1n) is 17.1. The minimum absolute atomic E-state index is 0.0522. The lowest BCUT2D eigenvalue weighted by molar-refractivity contribution is -0.151. The molecule has 218 valence electrons. The molecule has 0 saturated heterocycles. The van der Waals surface area contributed by atoms with Crippen molar-refractivity contribution in [1.29, 1.82) is 0 Å². The predicted molar refractivity (Wildman–Crippen MR) is 161 cm³/mol. The number of carbonyl (C=O) groups excluding carboxylic acids is 1. The predicted octanol–water partition coefficient (Wildman–Crippen LogP) is 10.7. The Kier molecular flexibility index (Phi) is 10.5. The van der Waals surface area contributed by atoms with Crippen molar-refractivity contribution >= 4 is 5.97 Å². The van der Waals surface area contributed by atoms with Crippen LogP contribution in [0.5, 0.6) is 0 Å². The van der Waals surface area contributed by atoms with Crippen LogP contribution in [0.2, 0.25) is 0 Å². The molecule has 38 heavy (non-hydrogen) atoms. The number of unbranched alkanes of at least 4 members (excludes halogenated alkanes) is 5. The summed E-state index contributed by atoms with van der Waals surface area (Å²) in [6.45, 7) is 14.9. The van der Waals surface area contributed by atoms with Crippen LogP contribution in [-0.4, -0.2) is 12.1 Å². The summed E-state index contributed by atoms with van der Waals surface area (Å²) < 4.78 is 6.04. The molecule has 0 aromatic rings. The lowest BCUT2D eigenvalue weighted by Crippen LogP contribution is -2.51. The van der Waals surface area contributed by atoms with E-state index in [-0.39, 0.29) is 12.1 Å². The third-order valence-corrected chi connectivity index (χ3v) is 12.3. The van der Waals surface area contributed by atoms with Gasteiger partial charge in [0.05, 0.1) is 0 Å². The van der Waals surface area contributed by atoms with Crippen LogP contribution in [0.1, 0.15) is 157 Å². The van der Waals surface area contributed by atoms with Crippen LogP contribution in [0, 0.1) is 46.3 Å². The van der Waals surface area contributed by atoms with Crippen LogP contribution in [0.4, 0.5) is 0 Å². The zero-order chi connectivity index (χ0) is 27.3. The molecule has 8 atom stereocenters. The van der Waals surface area contributed by atoms with Gasteiger partial charge in [0.2, 0.25) is 0 Å². The van der Waals surface area contributed by atoms with Gasteiger partial charge < -0.3 is 4.74 Å². The van der Waals surface area contributed by atoms with Gasteiger partial charge in [0.1, 0.15) is 6.10 Å². The third-order valence-electron chi connectivity index (χ3n) is 12.3. The number of fused-ring (bicyclic) bond motifs is 5. The van der Waals surface area contributed by atoms with E-state index in [0.717, 1.165) is 54.8 Å². The second kappa shape index (κ2) is 13.2. The highest BCUT2D eigenvalue weighted by atomic mass is 16.5. The summed E-state index contributed by atoms with van der Waals surface area (Å²) in [4.78, 5) is 12.6. The molecule has 2 nitrogen and oxygen atoms in total. The number of esters is 1. The Labute approximate surface area is 236 Å². The Morgan fingerprint density at radius 3 is 2.45 bits per heavy atom. The highest BCUT2D eigenvalue weighted by molar-refractivity contribution is 5.69. The van der Waals surface area contributed by atoms with Gasteiger partial charge in [0, 0.05) is 12.8 Å². The van der Waals surface area contributed by atoms with Crippen molar-refractivity contribution in [3.63, 3.8) is 0 Å². The first kappa shape index (κ1) is 30.2. The van der Waals surface area contributed by atoms with Crippen LogP contribution in [0.3, 0.4) is 0 Å². The van der Waals surface area contributed by atoms with Gasteiger partial charge in [-0.25, -0.2) is 0 Å². The zero-order valence-corrected chi connectivity index (χ0v) is 26.2. The maximum absolute atomic E-state index is 12.6. The normalized spacial score (nSPS) is 37.2. The smallest absolute Gasteiger partial charge is 0.306 e. The molecule has 0 radical (unpaired) electrons. The molecule has 0 N–H and O–H groups in total. The highest BCUT2D eigenvalue weighted by Crippen LogP contribution is 2.67. The van der Waals surface area contributed by atoms with Crippen LogP contribution in [-0.2, 0) is 9.53 Å². The quantitative estimate of drug-likeness (QED) is 0.135. The van der Waals surface area contributed by atoms with Gasteiger partial charge in [0.15, 0.2) is 0 Å². The number of carbonyl (C=O) groups is 1. The fourth-order valence-corrected chi connectivity index (χ4v) is 10.0. The lowest BCUT2D eigenvalue weighted by atomic mass is 9.47. The molecule has 1 unspecified atom stereocenters. The molecular formula is C36H62O2. The minimum atomic E-state index is 0.0522. The Morgan fingerprint density at radius 1 is 0.921 bits per heavy atom. The topological polar surface area (TPSA) is 26.3 Å². The molecule has 0 aliphatic heterocycles. The Hall–Kier alpha value is -0.790. The van der Waals surface area contributed by atoms with E-state index in [0.29, 0.717) is 17.3 Å². The van der Waals surface area contributed by atoms with E-state index in [1.54, 1.807) is 5.57 Å². The standard InChI is InChI=1S/C36H62O2/c1-7-8-9-10-11-12-16-34(37)38-29-21-23-35(5)28(25-29)17-18-30-32-20-19-31(27(4)15-13-14-26(2)3)36(32,6)24-22-33(30)35/h17,26-27,29-33H,7-16,18-25H2,1-6H3/t27?,29-,30-,31+,32-,33-,35-,36+/m0/s1. The average molecular weight is 527 g/mol. The molecule has 4 aliphatic carbocycles. The number of hydrogen-bond donors (Lipinski definition) is 0. The number of hydrogen-bond acceptors (Lipinski definition) is 2. The summed E-state index contributed by atoms with van der Waals surface area (Å²) in [5, 5.41) is 0. The van der Waals surface area contributed by atoms with Crippen LogP contribution in [0.15, 0.2) is 11.6 Å². The third kappa shape index (κ3) is 6.57. The van der Waals surface area contributed by atoms with Crippen LogP contribution in [0.25, 0.3) is 0 Å². The van der Waals surface area contributed by atoms with E-state index < -0.39 is 0 Å². The van der Waals surface area contributed by atoms with Gasteiger partial charge in [-0.1, -0.05) is 105 Å². The molecule has 0 aromatic heterocycles. The SMILES string of the molecule is CCCCCCCCC(=O)O[C@H]1CC[C@@]2(C)C(=CC[C@H]3[C@@H]4CC[C@H](C(C)CCCC(C)C)[C@@]4(C)CC[C@@H]32)C1. The summed E-state index contributed by atoms with van der Waals surface area (Å²) in [5.41, 5.74) is 2.54. The van der Waals surface area contributed by atoms with Gasteiger partial charge in [0.25, 0.3) is 0 Å². The second-order valence-electron chi connectivity index (χ2n) is 15.2. The Morgan fingerprint density at radius 2 is 1.68 bits per heavy atom. The highest BCUT2D eigenvalue weighted by Gasteiger charge is 2.59. The molecule has 4 aliphatic rings. The summed E-state index contributed by atoms with van der Waals surface area (Å²) in [7, 11) is 0. The molecule has 3 fully saturated rings. The van der Waals surface area contributed by atoms with Crippen LogP contribution < -0.4 is 0 Å². The van der Waals surface area contributed by atoms with E-state index in [2.05, 4.69) is 47.6 Å². The Balaban J connectivity index is 1.31.